The lowest BCUT2D eigenvalue weighted by Gasteiger charge is -2.41. The van der Waals surface area contributed by atoms with Crippen molar-refractivity contribution < 1.29 is 14.3 Å². The van der Waals surface area contributed by atoms with E-state index in [2.05, 4.69) is 31.8 Å². The standard InChI is InChI=1S/C21H32N6O3S/c1-25(16-2-8-30-9-3-16)17-10-18-20(29)22-21(11-19(28)27(18)13-17)4-6-26(7-5-21)12-15-14-31-24-23-15/h14,16-18H,2-13H2,1H3,(H,22,29)/t17-,18-/m0/s1. The van der Waals surface area contributed by atoms with Gasteiger partial charge < -0.3 is 15.0 Å². The molecule has 5 rings (SSSR count). The maximum Gasteiger partial charge on any atom is 0.243 e. The SMILES string of the molecule is CN(C1CCOCC1)[C@H]1C[C@H]2C(=O)NC3(CCN(Cc4csnn4)CC3)CC(=O)N2C1. The lowest BCUT2D eigenvalue weighted by molar-refractivity contribution is -0.135. The second-order valence-electron chi connectivity index (χ2n) is 9.58. The van der Waals surface area contributed by atoms with Crippen LogP contribution in [0.5, 0.6) is 0 Å². The number of hydrogen-bond donors (Lipinski definition) is 1. The Bertz CT molecular complexity index is 763. The van der Waals surface area contributed by atoms with Crippen LogP contribution in [0.3, 0.4) is 0 Å². The van der Waals surface area contributed by atoms with Crippen molar-refractivity contribution >= 4 is 23.3 Å². The molecule has 1 aromatic heterocycles. The molecule has 0 saturated carbocycles. The van der Waals surface area contributed by atoms with Crippen molar-refractivity contribution in [2.75, 3.05) is 39.9 Å². The molecule has 9 nitrogen and oxygen atoms in total. The van der Waals surface area contributed by atoms with Crippen molar-refractivity contribution in [3.8, 4) is 0 Å². The molecular formula is C21H32N6O3S. The summed E-state index contributed by atoms with van der Waals surface area (Å²) in [6.45, 7) is 4.74. The molecule has 4 aliphatic rings. The molecule has 1 aromatic rings. The molecule has 4 aliphatic heterocycles. The predicted octanol–water partition coefficient (Wildman–Crippen LogP) is 0.473. The maximum atomic E-state index is 13.3. The highest BCUT2D eigenvalue weighted by Crippen LogP contribution is 2.34. The van der Waals surface area contributed by atoms with E-state index in [1.807, 2.05) is 10.3 Å². The van der Waals surface area contributed by atoms with Crippen LogP contribution in [0.1, 0.15) is 44.2 Å². The number of fused-ring (bicyclic) bond motifs is 1. The molecule has 5 heterocycles. The first-order chi connectivity index (χ1) is 15.0. The molecule has 1 N–H and O–H groups in total. The topological polar surface area (TPSA) is 90.9 Å². The van der Waals surface area contributed by atoms with E-state index in [9.17, 15) is 9.59 Å². The highest BCUT2D eigenvalue weighted by molar-refractivity contribution is 7.03. The molecule has 0 radical (unpaired) electrons. The Kier molecular flexibility index (Phi) is 5.98. The summed E-state index contributed by atoms with van der Waals surface area (Å²) in [6.07, 6.45) is 4.78. The molecule has 170 valence electrons. The van der Waals surface area contributed by atoms with Crippen molar-refractivity contribution in [2.24, 2.45) is 0 Å². The number of carbonyl (C=O) groups is 2. The van der Waals surface area contributed by atoms with E-state index in [1.54, 1.807) is 0 Å². The van der Waals surface area contributed by atoms with E-state index in [0.717, 1.165) is 70.6 Å². The van der Waals surface area contributed by atoms with Gasteiger partial charge in [-0.1, -0.05) is 4.49 Å². The van der Waals surface area contributed by atoms with Crippen LogP contribution in [0.25, 0.3) is 0 Å². The Hall–Kier alpha value is -1.62. The van der Waals surface area contributed by atoms with Gasteiger partial charge in [0.15, 0.2) is 0 Å². The third kappa shape index (κ3) is 4.35. The fraction of sp³-hybridized carbons (Fsp3) is 0.810. The number of nitrogens with one attached hydrogen (secondary N) is 1. The van der Waals surface area contributed by atoms with Crippen LogP contribution in [0.4, 0.5) is 0 Å². The average Bonchev–Trinajstić information content (AvgIpc) is 3.44. The van der Waals surface area contributed by atoms with Crippen LogP contribution in [-0.2, 0) is 20.9 Å². The minimum Gasteiger partial charge on any atom is -0.381 e. The molecule has 0 bridgehead atoms. The Labute approximate surface area is 187 Å². The van der Waals surface area contributed by atoms with Gasteiger partial charge in [0, 0.05) is 56.9 Å². The summed E-state index contributed by atoms with van der Waals surface area (Å²) in [7, 11) is 2.14. The normalized spacial score (nSPS) is 29.9. The molecule has 2 amide bonds. The molecule has 4 fully saturated rings. The number of carbonyl (C=O) groups excluding carboxylic acids is 2. The number of amides is 2. The number of aromatic nitrogens is 2. The molecule has 0 aromatic carbocycles. The smallest absolute Gasteiger partial charge is 0.243 e. The summed E-state index contributed by atoms with van der Waals surface area (Å²) < 4.78 is 9.43. The zero-order valence-electron chi connectivity index (χ0n) is 18.2. The van der Waals surface area contributed by atoms with E-state index in [-0.39, 0.29) is 23.9 Å². The zero-order valence-corrected chi connectivity index (χ0v) is 19.0. The van der Waals surface area contributed by atoms with Gasteiger partial charge in [-0.25, -0.2) is 0 Å². The highest BCUT2D eigenvalue weighted by atomic mass is 32.1. The van der Waals surface area contributed by atoms with Crippen LogP contribution in [0.2, 0.25) is 0 Å². The van der Waals surface area contributed by atoms with Crippen molar-refractivity contribution in [2.45, 2.75) is 68.7 Å². The third-order valence-electron chi connectivity index (χ3n) is 7.73. The molecule has 1 spiro atoms. The Balaban J connectivity index is 1.21. The van der Waals surface area contributed by atoms with Gasteiger partial charge in [-0.15, -0.1) is 5.10 Å². The van der Waals surface area contributed by atoms with Gasteiger partial charge in [0.1, 0.15) is 6.04 Å². The van der Waals surface area contributed by atoms with Crippen LogP contribution in [-0.4, -0.2) is 99.7 Å². The molecule has 4 saturated heterocycles. The summed E-state index contributed by atoms with van der Waals surface area (Å²) in [5.41, 5.74) is 0.583. The minimum atomic E-state index is -0.405. The van der Waals surface area contributed by atoms with Crippen LogP contribution in [0, 0.1) is 0 Å². The van der Waals surface area contributed by atoms with E-state index in [4.69, 9.17) is 4.74 Å². The lowest BCUT2D eigenvalue weighted by atomic mass is 9.84. The quantitative estimate of drug-likeness (QED) is 0.716. The number of hydrogen-bond acceptors (Lipinski definition) is 8. The van der Waals surface area contributed by atoms with Gasteiger partial charge in [-0.2, -0.15) is 0 Å². The van der Waals surface area contributed by atoms with Crippen molar-refractivity contribution in [1.82, 2.24) is 29.6 Å². The first-order valence-corrected chi connectivity index (χ1v) is 12.3. The first-order valence-electron chi connectivity index (χ1n) is 11.4. The Morgan fingerprint density at radius 3 is 2.74 bits per heavy atom. The summed E-state index contributed by atoms with van der Waals surface area (Å²) in [6, 6.07) is 0.382. The Morgan fingerprint density at radius 2 is 2.03 bits per heavy atom. The van der Waals surface area contributed by atoms with E-state index >= 15 is 0 Å². The summed E-state index contributed by atoms with van der Waals surface area (Å²) in [5.74, 6) is 0.161. The van der Waals surface area contributed by atoms with E-state index in [0.29, 0.717) is 19.0 Å². The second-order valence-corrected chi connectivity index (χ2v) is 10.2. The molecule has 0 aliphatic carbocycles. The predicted molar refractivity (Wildman–Crippen MR) is 115 cm³/mol. The van der Waals surface area contributed by atoms with Crippen molar-refractivity contribution in [3.63, 3.8) is 0 Å². The van der Waals surface area contributed by atoms with Crippen LogP contribution >= 0.6 is 11.5 Å². The van der Waals surface area contributed by atoms with Gasteiger partial charge in [-0.05, 0) is 50.7 Å². The Morgan fingerprint density at radius 1 is 1.26 bits per heavy atom. The monoisotopic (exact) mass is 448 g/mol. The fourth-order valence-corrected chi connectivity index (χ4v) is 6.17. The van der Waals surface area contributed by atoms with Crippen molar-refractivity contribution in [3.05, 3.63) is 11.1 Å². The van der Waals surface area contributed by atoms with Gasteiger partial charge >= 0.3 is 0 Å². The summed E-state index contributed by atoms with van der Waals surface area (Å²) in [4.78, 5) is 33.1. The second kappa shape index (κ2) is 8.73. The summed E-state index contributed by atoms with van der Waals surface area (Å²) in [5, 5.41) is 9.43. The summed E-state index contributed by atoms with van der Waals surface area (Å²) >= 11 is 1.37. The number of nitrogens with zero attached hydrogens (tertiary/aromatic N) is 5. The van der Waals surface area contributed by atoms with Gasteiger partial charge in [0.05, 0.1) is 17.7 Å². The number of likely N-dealkylation sites (tertiary alicyclic amines) is 1. The van der Waals surface area contributed by atoms with Crippen molar-refractivity contribution in [1.29, 1.82) is 0 Å². The van der Waals surface area contributed by atoms with Gasteiger partial charge in [-0.3, -0.25) is 19.4 Å². The third-order valence-corrected chi connectivity index (χ3v) is 8.28. The fourth-order valence-electron chi connectivity index (χ4n) is 5.73. The molecule has 2 atom stereocenters. The van der Waals surface area contributed by atoms with Crippen LogP contribution in [0.15, 0.2) is 5.38 Å². The molecular weight excluding hydrogens is 416 g/mol. The average molecular weight is 449 g/mol. The molecule has 0 unspecified atom stereocenters. The molecule has 10 heteroatoms. The highest BCUT2D eigenvalue weighted by Gasteiger charge is 2.49. The van der Waals surface area contributed by atoms with Crippen LogP contribution < -0.4 is 5.32 Å². The molecule has 31 heavy (non-hydrogen) atoms. The largest absolute Gasteiger partial charge is 0.381 e. The van der Waals surface area contributed by atoms with Gasteiger partial charge in [0.2, 0.25) is 11.8 Å². The number of likely N-dealkylation sites (N-methyl/N-ethyl adjacent to an activating group) is 1. The van der Waals surface area contributed by atoms with E-state index in [1.165, 1.54) is 11.5 Å². The lowest BCUT2D eigenvalue weighted by Crippen LogP contribution is -2.56. The number of rotatable bonds is 4. The first kappa shape index (κ1) is 21.2. The minimum absolute atomic E-state index is 0.0332. The van der Waals surface area contributed by atoms with E-state index < -0.39 is 5.54 Å². The number of piperidine rings is 1. The zero-order chi connectivity index (χ0) is 21.4. The van der Waals surface area contributed by atoms with Gasteiger partial charge in [0.25, 0.3) is 0 Å². The number of ether oxygens (including phenoxy) is 1. The maximum absolute atomic E-state index is 13.3.